The average Bonchev–Trinajstić information content (AvgIpc) is 2.29. The number of sulfone groups is 1. The van der Waals surface area contributed by atoms with Crippen LogP contribution >= 0.6 is 0 Å². The van der Waals surface area contributed by atoms with Crippen molar-refractivity contribution >= 4 is 9.84 Å². The van der Waals surface area contributed by atoms with Gasteiger partial charge < -0.3 is 5.73 Å². The molecule has 0 heterocycles. The molecule has 1 aliphatic rings. The van der Waals surface area contributed by atoms with E-state index in [0.29, 0.717) is 12.8 Å². The van der Waals surface area contributed by atoms with Crippen LogP contribution in [0.15, 0.2) is 29.2 Å². The van der Waals surface area contributed by atoms with Crippen molar-refractivity contribution in [2.45, 2.75) is 41.9 Å². The van der Waals surface area contributed by atoms with Crippen LogP contribution in [0.4, 0.5) is 4.39 Å². The summed E-state index contributed by atoms with van der Waals surface area (Å²) in [6.45, 7) is 0. The van der Waals surface area contributed by atoms with E-state index in [1.54, 1.807) is 0 Å². The molecule has 1 fully saturated rings. The summed E-state index contributed by atoms with van der Waals surface area (Å²) < 4.78 is 38.1. The van der Waals surface area contributed by atoms with Crippen LogP contribution in [0.2, 0.25) is 0 Å². The van der Waals surface area contributed by atoms with Gasteiger partial charge in [0.25, 0.3) is 0 Å². The molecule has 94 valence electrons. The van der Waals surface area contributed by atoms with Gasteiger partial charge in [-0.05, 0) is 25.0 Å². The highest BCUT2D eigenvalue weighted by molar-refractivity contribution is 7.92. The molecule has 17 heavy (non-hydrogen) atoms. The zero-order chi connectivity index (χ0) is 12.5. The Morgan fingerprint density at radius 3 is 2.47 bits per heavy atom. The van der Waals surface area contributed by atoms with Crippen molar-refractivity contribution in [1.82, 2.24) is 0 Å². The monoisotopic (exact) mass is 257 g/mol. The lowest BCUT2D eigenvalue weighted by molar-refractivity contribution is 0.430. The third-order valence-electron chi connectivity index (χ3n) is 3.30. The van der Waals surface area contributed by atoms with Crippen LogP contribution in [0, 0.1) is 5.82 Å². The normalized spacial score (nSPS) is 25.8. The van der Waals surface area contributed by atoms with Crippen molar-refractivity contribution in [3.05, 3.63) is 30.1 Å². The molecule has 2 unspecified atom stereocenters. The Morgan fingerprint density at radius 1 is 1.18 bits per heavy atom. The number of hydrogen-bond acceptors (Lipinski definition) is 3. The maximum Gasteiger partial charge on any atom is 0.185 e. The topological polar surface area (TPSA) is 60.2 Å². The minimum Gasteiger partial charge on any atom is -0.327 e. The molecule has 0 spiro atoms. The van der Waals surface area contributed by atoms with Crippen LogP contribution in [0.25, 0.3) is 0 Å². The molecule has 2 N–H and O–H groups in total. The molecular weight excluding hydrogens is 241 g/mol. The Kier molecular flexibility index (Phi) is 3.49. The zero-order valence-corrected chi connectivity index (χ0v) is 10.3. The predicted molar refractivity (Wildman–Crippen MR) is 63.8 cm³/mol. The minimum absolute atomic E-state index is 0.220. The van der Waals surface area contributed by atoms with E-state index in [4.69, 9.17) is 5.73 Å². The molecule has 1 aromatic carbocycles. The van der Waals surface area contributed by atoms with Crippen LogP contribution in [0.5, 0.6) is 0 Å². The maximum atomic E-state index is 13.5. The molecule has 3 nitrogen and oxygen atoms in total. The average molecular weight is 257 g/mol. The van der Waals surface area contributed by atoms with Gasteiger partial charge in [0.2, 0.25) is 0 Å². The standard InChI is InChI=1S/C12H16FNO2S/c13-9-5-1-3-7-11(9)17(15,16)12-8-4-2-6-10(12)14/h1,3,5,7,10,12H,2,4,6,8,14H2. The third-order valence-corrected chi connectivity index (χ3v) is 5.62. The largest absolute Gasteiger partial charge is 0.327 e. The molecule has 0 saturated heterocycles. The van der Waals surface area contributed by atoms with Gasteiger partial charge in [-0.25, -0.2) is 12.8 Å². The first-order chi connectivity index (χ1) is 8.03. The maximum absolute atomic E-state index is 13.5. The quantitative estimate of drug-likeness (QED) is 0.879. The summed E-state index contributed by atoms with van der Waals surface area (Å²) in [5.74, 6) is -0.690. The Labute approximate surface area is 101 Å². The van der Waals surface area contributed by atoms with Gasteiger partial charge in [-0.1, -0.05) is 25.0 Å². The van der Waals surface area contributed by atoms with Crippen molar-refractivity contribution in [2.75, 3.05) is 0 Å². The second-order valence-electron chi connectivity index (χ2n) is 4.46. The lowest BCUT2D eigenvalue weighted by atomic mass is 9.96. The fourth-order valence-corrected chi connectivity index (χ4v) is 4.36. The number of nitrogens with two attached hydrogens (primary N) is 1. The summed E-state index contributed by atoms with van der Waals surface area (Å²) in [6.07, 6.45) is 3.01. The molecule has 1 aliphatic carbocycles. The van der Waals surface area contributed by atoms with E-state index in [2.05, 4.69) is 0 Å². The van der Waals surface area contributed by atoms with Crippen molar-refractivity contribution in [2.24, 2.45) is 5.73 Å². The van der Waals surface area contributed by atoms with Crippen molar-refractivity contribution in [1.29, 1.82) is 0 Å². The van der Waals surface area contributed by atoms with Crippen molar-refractivity contribution in [3.63, 3.8) is 0 Å². The number of rotatable bonds is 2. The van der Waals surface area contributed by atoms with Crippen LogP contribution in [-0.4, -0.2) is 19.7 Å². The Balaban J connectivity index is 2.39. The Bertz CT molecular complexity index is 501. The van der Waals surface area contributed by atoms with E-state index in [1.807, 2.05) is 0 Å². The van der Waals surface area contributed by atoms with Gasteiger partial charge in [-0.3, -0.25) is 0 Å². The SMILES string of the molecule is NC1CCCCC1S(=O)(=O)c1ccccc1F. The summed E-state index contributed by atoms with van der Waals surface area (Å²) in [5, 5.41) is -0.645. The lowest BCUT2D eigenvalue weighted by Gasteiger charge is -2.28. The van der Waals surface area contributed by atoms with Gasteiger partial charge >= 0.3 is 0 Å². The third kappa shape index (κ3) is 2.35. The van der Waals surface area contributed by atoms with Gasteiger partial charge in [0.05, 0.1) is 5.25 Å². The first-order valence-corrected chi connectivity index (χ1v) is 7.32. The number of hydrogen-bond donors (Lipinski definition) is 1. The highest BCUT2D eigenvalue weighted by Crippen LogP contribution is 2.29. The van der Waals surface area contributed by atoms with E-state index in [1.165, 1.54) is 24.3 Å². The molecule has 0 bridgehead atoms. The van der Waals surface area contributed by atoms with Crippen molar-refractivity contribution < 1.29 is 12.8 Å². The van der Waals surface area contributed by atoms with Gasteiger partial charge in [0.15, 0.2) is 9.84 Å². The zero-order valence-electron chi connectivity index (χ0n) is 9.47. The molecule has 2 rings (SSSR count). The van der Waals surface area contributed by atoms with E-state index < -0.39 is 20.9 Å². The van der Waals surface area contributed by atoms with Gasteiger partial charge in [0.1, 0.15) is 10.7 Å². The molecule has 5 heteroatoms. The molecule has 0 aromatic heterocycles. The molecular formula is C12H16FNO2S. The molecule has 1 saturated carbocycles. The summed E-state index contributed by atoms with van der Waals surface area (Å²) in [7, 11) is -3.64. The summed E-state index contributed by atoms with van der Waals surface area (Å²) in [5.41, 5.74) is 5.85. The van der Waals surface area contributed by atoms with E-state index in [-0.39, 0.29) is 10.9 Å². The van der Waals surface area contributed by atoms with Gasteiger partial charge in [-0.2, -0.15) is 0 Å². The van der Waals surface area contributed by atoms with E-state index >= 15 is 0 Å². The Hall–Kier alpha value is -0.940. The fourth-order valence-electron chi connectivity index (χ4n) is 2.35. The highest BCUT2D eigenvalue weighted by atomic mass is 32.2. The smallest absolute Gasteiger partial charge is 0.185 e. The highest BCUT2D eigenvalue weighted by Gasteiger charge is 2.35. The van der Waals surface area contributed by atoms with Crippen LogP contribution in [0.1, 0.15) is 25.7 Å². The second-order valence-corrected chi connectivity index (χ2v) is 6.60. The first-order valence-electron chi connectivity index (χ1n) is 5.77. The molecule has 0 aliphatic heterocycles. The van der Waals surface area contributed by atoms with Crippen LogP contribution < -0.4 is 5.73 Å². The molecule has 2 atom stereocenters. The van der Waals surface area contributed by atoms with E-state index in [0.717, 1.165) is 12.8 Å². The summed E-state index contributed by atoms with van der Waals surface area (Å²) in [6, 6.07) is 5.11. The van der Waals surface area contributed by atoms with Gasteiger partial charge in [-0.15, -0.1) is 0 Å². The lowest BCUT2D eigenvalue weighted by Crippen LogP contribution is -2.43. The minimum atomic E-state index is -3.64. The Morgan fingerprint density at radius 2 is 1.82 bits per heavy atom. The fraction of sp³-hybridized carbons (Fsp3) is 0.500. The first kappa shape index (κ1) is 12.5. The molecule has 0 radical (unpaired) electrons. The number of benzene rings is 1. The van der Waals surface area contributed by atoms with E-state index in [9.17, 15) is 12.8 Å². The second kappa shape index (κ2) is 4.74. The summed E-state index contributed by atoms with van der Waals surface area (Å²) >= 11 is 0. The van der Waals surface area contributed by atoms with Crippen molar-refractivity contribution in [3.8, 4) is 0 Å². The molecule has 1 aromatic rings. The van der Waals surface area contributed by atoms with Crippen LogP contribution in [-0.2, 0) is 9.84 Å². The molecule has 0 amide bonds. The predicted octanol–water partition coefficient (Wildman–Crippen LogP) is 1.87. The summed E-state index contributed by atoms with van der Waals surface area (Å²) in [4.78, 5) is -0.220. The number of halogens is 1. The van der Waals surface area contributed by atoms with Gasteiger partial charge in [0, 0.05) is 6.04 Å². The van der Waals surface area contributed by atoms with Crippen LogP contribution in [0.3, 0.4) is 0 Å².